The van der Waals surface area contributed by atoms with Crippen molar-refractivity contribution in [2.24, 2.45) is 0 Å². The molecule has 0 aliphatic carbocycles. The number of carbonyl (C=O) groups excluding carboxylic acids is 2. The molecule has 4 nitrogen and oxygen atoms in total. The molecule has 2 amide bonds. The molecule has 5 heteroatoms. The summed E-state index contributed by atoms with van der Waals surface area (Å²) >= 11 is 0. The lowest BCUT2D eigenvalue weighted by Gasteiger charge is -2.17. The number of nitrogens with one attached hydrogen (secondary N) is 1. The van der Waals surface area contributed by atoms with Crippen LogP contribution in [-0.4, -0.2) is 18.4 Å². The molecule has 1 aliphatic heterocycles. The predicted octanol–water partition coefficient (Wildman–Crippen LogP) is 3.26. The number of hydrogen-bond donors (Lipinski definition) is 1. The topological polar surface area (TPSA) is 49.4 Å². The number of amides is 2. The third-order valence-corrected chi connectivity index (χ3v) is 4.35. The van der Waals surface area contributed by atoms with Gasteiger partial charge in [0, 0.05) is 17.5 Å². The van der Waals surface area contributed by atoms with Gasteiger partial charge in [0.1, 0.15) is 12.4 Å². The van der Waals surface area contributed by atoms with Gasteiger partial charge in [-0.05, 0) is 35.2 Å². The zero-order valence-corrected chi connectivity index (χ0v) is 13.3. The average molecular weight is 334 g/mol. The molecule has 0 fully saturated rings. The smallest absolute Gasteiger partial charge is 0.259 e. The fraction of sp³-hybridized carbons (Fsp3) is 0.100. The SMILES string of the molecule is O=C(CN1C(=O)c2cccc3cccc1c23)NCc1ccc(F)cc1. The highest BCUT2D eigenvalue weighted by Gasteiger charge is 2.30. The van der Waals surface area contributed by atoms with Crippen molar-refractivity contribution in [3.05, 3.63) is 77.6 Å². The number of benzene rings is 3. The van der Waals surface area contributed by atoms with E-state index in [-0.39, 0.29) is 30.7 Å². The summed E-state index contributed by atoms with van der Waals surface area (Å²) < 4.78 is 12.9. The lowest BCUT2D eigenvalue weighted by atomic mass is 10.1. The molecule has 1 aliphatic rings. The lowest BCUT2D eigenvalue weighted by Crippen LogP contribution is -2.38. The summed E-state index contributed by atoms with van der Waals surface area (Å²) in [5.74, 6) is -0.741. The predicted molar refractivity (Wildman–Crippen MR) is 93.9 cm³/mol. The Morgan fingerprint density at radius 3 is 2.48 bits per heavy atom. The van der Waals surface area contributed by atoms with Crippen LogP contribution in [-0.2, 0) is 11.3 Å². The van der Waals surface area contributed by atoms with Crippen molar-refractivity contribution < 1.29 is 14.0 Å². The molecule has 1 N–H and O–H groups in total. The Hall–Kier alpha value is -3.21. The first kappa shape index (κ1) is 15.3. The Labute approximate surface area is 143 Å². The average Bonchev–Trinajstić information content (AvgIpc) is 2.89. The summed E-state index contributed by atoms with van der Waals surface area (Å²) in [6.45, 7) is 0.242. The fourth-order valence-corrected chi connectivity index (χ4v) is 3.14. The van der Waals surface area contributed by atoms with Crippen LogP contribution in [0.2, 0.25) is 0 Å². The van der Waals surface area contributed by atoms with E-state index in [0.29, 0.717) is 5.56 Å². The first-order chi connectivity index (χ1) is 12.1. The van der Waals surface area contributed by atoms with E-state index < -0.39 is 0 Å². The minimum atomic E-state index is -0.316. The van der Waals surface area contributed by atoms with E-state index in [0.717, 1.165) is 22.0 Å². The zero-order valence-electron chi connectivity index (χ0n) is 13.3. The van der Waals surface area contributed by atoms with Gasteiger partial charge in [-0.1, -0.05) is 36.4 Å². The molecule has 0 unspecified atom stereocenters. The fourth-order valence-electron chi connectivity index (χ4n) is 3.14. The number of nitrogens with zero attached hydrogens (tertiary/aromatic N) is 1. The Morgan fingerprint density at radius 2 is 1.72 bits per heavy atom. The Bertz CT molecular complexity index is 977. The monoisotopic (exact) mass is 334 g/mol. The van der Waals surface area contributed by atoms with Crippen LogP contribution in [0.3, 0.4) is 0 Å². The number of hydrogen-bond acceptors (Lipinski definition) is 2. The van der Waals surface area contributed by atoms with Crippen LogP contribution in [0.4, 0.5) is 10.1 Å². The molecule has 0 saturated carbocycles. The van der Waals surface area contributed by atoms with Gasteiger partial charge in [0.15, 0.2) is 0 Å². The molecule has 3 aromatic rings. The van der Waals surface area contributed by atoms with Crippen molar-refractivity contribution in [2.45, 2.75) is 6.54 Å². The van der Waals surface area contributed by atoms with Gasteiger partial charge in [-0.25, -0.2) is 4.39 Å². The summed E-state index contributed by atoms with van der Waals surface area (Å²) in [5, 5.41) is 4.64. The first-order valence-electron chi connectivity index (χ1n) is 7.98. The number of halogens is 1. The van der Waals surface area contributed by atoms with Crippen molar-refractivity contribution >= 4 is 28.3 Å². The largest absolute Gasteiger partial charge is 0.350 e. The summed E-state index contributed by atoms with van der Waals surface area (Å²) in [6.07, 6.45) is 0. The molecule has 0 atom stereocenters. The van der Waals surface area contributed by atoms with Gasteiger partial charge in [-0.3, -0.25) is 14.5 Å². The standard InChI is InChI=1S/C20H15FN2O2/c21-15-9-7-13(8-10-15)11-22-18(24)12-23-17-6-2-4-14-3-1-5-16(19(14)17)20(23)25/h1-10H,11-12H2,(H,22,24). The van der Waals surface area contributed by atoms with Crippen molar-refractivity contribution in [2.75, 3.05) is 11.4 Å². The first-order valence-corrected chi connectivity index (χ1v) is 7.98. The van der Waals surface area contributed by atoms with Crippen molar-refractivity contribution in [1.82, 2.24) is 5.32 Å². The maximum Gasteiger partial charge on any atom is 0.259 e. The van der Waals surface area contributed by atoms with E-state index in [9.17, 15) is 14.0 Å². The van der Waals surface area contributed by atoms with Crippen LogP contribution < -0.4 is 10.2 Å². The van der Waals surface area contributed by atoms with E-state index in [2.05, 4.69) is 5.32 Å². The Balaban J connectivity index is 1.50. The molecule has 1 heterocycles. The number of rotatable bonds is 4. The van der Waals surface area contributed by atoms with Crippen LogP contribution >= 0.6 is 0 Å². The molecule has 0 aromatic heterocycles. The molecule has 3 aromatic carbocycles. The third kappa shape index (κ3) is 2.74. The second-order valence-electron chi connectivity index (χ2n) is 5.98. The van der Waals surface area contributed by atoms with Gasteiger partial charge >= 0.3 is 0 Å². The Kier molecular flexibility index (Phi) is 3.69. The van der Waals surface area contributed by atoms with Gasteiger partial charge in [-0.2, -0.15) is 0 Å². The summed E-state index contributed by atoms with van der Waals surface area (Å²) in [5.41, 5.74) is 2.18. The zero-order chi connectivity index (χ0) is 17.4. The minimum Gasteiger partial charge on any atom is -0.350 e. The van der Waals surface area contributed by atoms with Gasteiger partial charge in [0.05, 0.1) is 5.69 Å². The van der Waals surface area contributed by atoms with Crippen LogP contribution in [0.25, 0.3) is 10.8 Å². The molecule has 0 bridgehead atoms. The quantitative estimate of drug-likeness (QED) is 0.796. The maximum atomic E-state index is 12.9. The maximum absolute atomic E-state index is 12.9. The lowest BCUT2D eigenvalue weighted by molar-refractivity contribution is -0.119. The molecule has 0 spiro atoms. The van der Waals surface area contributed by atoms with E-state index in [1.165, 1.54) is 17.0 Å². The number of anilines is 1. The van der Waals surface area contributed by atoms with Crippen LogP contribution in [0.15, 0.2) is 60.7 Å². The molecule has 0 radical (unpaired) electrons. The highest BCUT2D eigenvalue weighted by Crippen LogP contribution is 2.36. The summed E-state index contributed by atoms with van der Waals surface area (Å²) in [6, 6.07) is 17.2. The van der Waals surface area contributed by atoms with Crippen molar-refractivity contribution in [3.8, 4) is 0 Å². The van der Waals surface area contributed by atoms with E-state index in [1.807, 2.05) is 30.3 Å². The highest BCUT2D eigenvalue weighted by molar-refractivity contribution is 6.26. The Morgan fingerprint density at radius 1 is 1.00 bits per heavy atom. The minimum absolute atomic E-state index is 0.0478. The third-order valence-electron chi connectivity index (χ3n) is 4.35. The van der Waals surface area contributed by atoms with Crippen molar-refractivity contribution in [1.29, 1.82) is 0 Å². The number of carbonyl (C=O) groups is 2. The summed E-state index contributed by atoms with van der Waals surface area (Å²) in [4.78, 5) is 26.4. The highest BCUT2D eigenvalue weighted by atomic mass is 19.1. The van der Waals surface area contributed by atoms with Crippen LogP contribution in [0.5, 0.6) is 0 Å². The second-order valence-corrected chi connectivity index (χ2v) is 5.98. The van der Waals surface area contributed by atoms with Gasteiger partial charge < -0.3 is 5.32 Å². The van der Waals surface area contributed by atoms with Gasteiger partial charge in [-0.15, -0.1) is 0 Å². The van der Waals surface area contributed by atoms with E-state index in [4.69, 9.17) is 0 Å². The van der Waals surface area contributed by atoms with Crippen molar-refractivity contribution in [3.63, 3.8) is 0 Å². The second kappa shape index (κ2) is 6.02. The molecule has 4 rings (SSSR count). The molecule has 124 valence electrons. The summed E-state index contributed by atoms with van der Waals surface area (Å²) in [7, 11) is 0. The van der Waals surface area contributed by atoms with E-state index >= 15 is 0 Å². The van der Waals surface area contributed by atoms with Gasteiger partial charge in [0.25, 0.3) is 5.91 Å². The molecule has 25 heavy (non-hydrogen) atoms. The van der Waals surface area contributed by atoms with Gasteiger partial charge in [0.2, 0.25) is 5.91 Å². The molecule has 0 saturated heterocycles. The molecular weight excluding hydrogens is 319 g/mol. The normalized spacial score (nSPS) is 12.7. The van der Waals surface area contributed by atoms with Crippen LogP contribution in [0, 0.1) is 5.82 Å². The van der Waals surface area contributed by atoms with E-state index in [1.54, 1.807) is 18.2 Å². The van der Waals surface area contributed by atoms with Crippen LogP contribution in [0.1, 0.15) is 15.9 Å². The molecular formula is C20H15FN2O2.